The predicted molar refractivity (Wildman–Crippen MR) is 98.4 cm³/mol. The van der Waals surface area contributed by atoms with Crippen molar-refractivity contribution < 1.29 is 9.72 Å². The van der Waals surface area contributed by atoms with Crippen LogP contribution in [0.15, 0.2) is 34.9 Å². The zero-order valence-corrected chi connectivity index (χ0v) is 15.6. The maximum Gasteiger partial charge on any atom is 0.274 e. The molecule has 0 bridgehead atoms. The normalized spacial score (nSPS) is 10.9. The Morgan fingerprint density at radius 1 is 1.36 bits per heavy atom. The minimum Gasteiger partial charge on any atom is -0.319 e. The third-order valence-corrected chi connectivity index (χ3v) is 4.51. The van der Waals surface area contributed by atoms with Crippen molar-refractivity contribution in [2.24, 2.45) is 0 Å². The van der Waals surface area contributed by atoms with E-state index in [9.17, 15) is 14.9 Å². The number of anilines is 1. The molecule has 25 heavy (non-hydrogen) atoms. The fraction of sp³-hybridized carbons (Fsp3) is 0.125. The van der Waals surface area contributed by atoms with Crippen LogP contribution in [-0.2, 0) is 0 Å². The summed E-state index contributed by atoms with van der Waals surface area (Å²) in [5.74, 6) is -0.404. The SMILES string of the molecule is Cc1cc(Br)c2nc(C)c(C(=O)Nc3ccc([N+](=O)[O-])cc3Cl)n2c1. The van der Waals surface area contributed by atoms with E-state index in [0.717, 1.165) is 10.0 Å². The van der Waals surface area contributed by atoms with Gasteiger partial charge in [0.25, 0.3) is 11.6 Å². The summed E-state index contributed by atoms with van der Waals surface area (Å²) in [6.45, 7) is 3.65. The van der Waals surface area contributed by atoms with Gasteiger partial charge in [0.1, 0.15) is 5.69 Å². The molecule has 3 rings (SSSR count). The molecule has 2 heterocycles. The van der Waals surface area contributed by atoms with E-state index in [-0.39, 0.29) is 10.7 Å². The van der Waals surface area contributed by atoms with Gasteiger partial charge in [0.15, 0.2) is 5.65 Å². The average Bonchev–Trinajstić information content (AvgIpc) is 2.85. The third-order valence-electron chi connectivity index (χ3n) is 3.61. The van der Waals surface area contributed by atoms with E-state index in [2.05, 4.69) is 26.2 Å². The summed E-state index contributed by atoms with van der Waals surface area (Å²) < 4.78 is 2.48. The number of pyridine rings is 1. The number of nitro benzene ring substituents is 1. The second kappa shape index (κ2) is 6.45. The van der Waals surface area contributed by atoms with E-state index in [4.69, 9.17) is 11.6 Å². The van der Waals surface area contributed by atoms with E-state index >= 15 is 0 Å². The number of nitrogens with one attached hydrogen (secondary N) is 1. The van der Waals surface area contributed by atoms with Crippen molar-refractivity contribution in [2.45, 2.75) is 13.8 Å². The number of halogens is 2. The molecule has 3 aromatic rings. The van der Waals surface area contributed by atoms with Crippen molar-refractivity contribution >= 4 is 50.5 Å². The molecular weight excluding hydrogens is 412 g/mol. The number of carbonyl (C=O) groups excluding carboxylic acids is 1. The van der Waals surface area contributed by atoms with E-state index in [1.54, 1.807) is 11.3 Å². The van der Waals surface area contributed by atoms with Crippen LogP contribution in [0.1, 0.15) is 21.7 Å². The molecule has 0 unspecified atom stereocenters. The lowest BCUT2D eigenvalue weighted by Gasteiger charge is -2.08. The lowest BCUT2D eigenvalue weighted by molar-refractivity contribution is -0.384. The van der Waals surface area contributed by atoms with Crippen molar-refractivity contribution in [1.29, 1.82) is 0 Å². The lowest BCUT2D eigenvalue weighted by Crippen LogP contribution is -2.16. The van der Waals surface area contributed by atoms with Gasteiger partial charge in [-0.05, 0) is 47.5 Å². The summed E-state index contributed by atoms with van der Waals surface area (Å²) in [6.07, 6.45) is 1.81. The Morgan fingerprint density at radius 3 is 2.72 bits per heavy atom. The topological polar surface area (TPSA) is 89.5 Å². The largest absolute Gasteiger partial charge is 0.319 e. The highest BCUT2D eigenvalue weighted by Gasteiger charge is 2.20. The number of nitrogens with zero attached hydrogens (tertiary/aromatic N) is 3. The Balaban J connectivity index is 2.01. The molecule has 2 aromatic heterocycles. The Morgan fingerprint density at radius 2 is 2.08 bits per heavy atom. The summed E-state index contributed by atoms with van der Waals surface area (Å²) >= 11 is 9.48. The Labute approximate surface area is 155 Å². The number of hydrogen-bond acceptors (Lipinski definition) is 4. The molecule has 128 valence electrons. The van der Waals surface area contributed by atoms with Gasteiger partial charge in [-0.3, -0.25) is 19.3 Å². The fourth-order valence-corrected chi connectivity index (χ4v) is 3.38. The molecule has 1 amide bonds. The number of fused-ring (bicyclic) bond motifs is 1. The van der Waals surface area contributed by atoms with E-state index in [1.807, 2.05) is 19.2 Å². The molecule has 0 saturated heterocycles. The second-order valence-corrected chi connectivity index (χ2v) is 6.74. The molecule has 0 atom stereocenters. The quantitative estimate of drug-likeness (QED) is 0.495. The molecular formula is C16H12BrClN4O3. The molecule has 1 N–H and O–H groups in total. The molecule has 9 heteroatoms. The monoisotopic (exact) mass is 422 g/mol. The number of nitro groups is 1. The Hall–Kier alpha value is -2.45. The maximum atomic E-state index is 12.7. The number of aromatic nitrogens is 2. The number of non-ortho nitro benzene ring substituents is 1. The molecule has 0 saturated carbocycles. The first-order valence-corrected chi connectivity index (χ1v) is 8.35. The lowest BCUT2D eigenvalue weighted by atomic mass is 10.2. The van der Waals surface area contributed by atoms with Gasteiger partial charge in [0, 0.05) is 18.3 Å². The van der Waals surface area contributed by atoms with Gasteiger partial charge >= 0.3 is 0 Å². The first-order chi connectivity index (χ1) is 11.8. The highest BCUT2D eigenvalue weighted by molar-refractivity contribution is 9.10. The second-order valence-electron chi connectivity index (χ2n) is 5.48. The van der Waals surface area contributed by atoms with Crippen molar-refractivity contribution in [3.8, 4) is 0 Å². The van der Waals surface area contributed by atoms with Crippen LogP contribution in [0.25, 0.3) is 5.65 Å². The molecule has 0 aliphatic rings. The molecule has 1 aromatic carbocycles. The number of hydrogen-bond donors (Lipinski definition) is 1. The number of rotatable bonds is 3. The minimum absolute atomic E-state index is 0.0892. The number of amides is 1. The highest BCUT2D eigenvalue weighted by atomic mass is 79.9. The van der Waals surface area contributed by atoms with Gasteiger partial charge in [-0.15, -0.1) is 0 Å². The average molecular weight is 424 g/mol. The van der Waals surface area contributed by atoms with Crippen LogP contribution in [0.3, 0.4) is 0 Å². The zero-order chi connectivity index (χ0) is 18.3. The van der Waals surface area contributed by atoms with Crippen LogP contribution in [0.4, 0.5) is 11.4 Å². The molecule has 0 radical (unpaired) electrons. The van der Waals surface area contributed by atoms with Crippen LogP contribution in [0.2, 0.25) is 5.02 Å². The summed E-state index contributed by atoms with van der Waals surface area (Å²) in [5.41, 5.74) is 2.66. The van der Waals surface area contributed by atoms with Crippen LogP contribution >= 0.6 is 27.5 Å². The van der Waals surface area contributed by atoms with Crippen LogP contribution < -0.4 is 5.32 Å². The predicted octanol–water partition coefficient (Wildman–Crippen LogP) is 4.53. The fourth-order valence-electron chi connectivity index (χ4n) is 2.52. The van der Waals surface area contributed by atoms with Gasteiger partial charge in [-0.1, -0.05) is 11.6 Å². The van der Waals surface area contributed by atoms with Gasteiger partial charge < -0.3 is 5.32 Å². The Kier molecular flexibility index (Phi) is 4.49. The van der Waals surface area contributed by atoms with E-state index in [1.165, 1.54) is 18.2 Å². The molecule has 0 aliphatic carbocycles. The number of aryl methyl sites for hydroxylation is 2. The van der Waals surface area contributed by atoms with Crippen LogP contribution in [-0.4, -0.2) is 20.2 Å². The van der Waals surface area contributed by atoms with Crippen molar-refractivity contribution in [3.63, 3.8) is 0 Å². The molecule has 0 spiro atoms. The maximum absolute atomic E-state index is 12.7. The van der Waals surface area contributed by atoms with Crippen molar-refractivity contribution in [2.75, 3.05) is 5.32 Å². The van der Waals surface area contributed by atoms with Crippen molar-refractivity contribution in [3.05, 3.63) is 67.0 Å². The number of benzene rings is 1. The smallest absolute Gasteiger partial charge is 0.274 e. The van der Waals surface area contributed by atoms with E-state index < -0.39 is 10.8 Å². The molecule has 0 aliphatic heterocycles. The first kappa shape index (κ1) is 17.4. The number of carbonyl (C=O) groups is 1. The van der Waals surface area contributed by atoms with Crippen LogP contribution in [0.5, 0.6) is 0 Å². The Bertz CT molecular complexity index is 1030. The third kappa shape index (κ3) is 3.22. The van der Waals surface area contributed by atoms with Gasteiger partial charge in [-0.25, -0.2) is 4.98 Å². The minimum atomic E-state index is -0.549. The van der Waals surface area contributed by atoms with Gasteiger partial charge in [-0.2, -0.15) is 0 Å². The summed E-state index contributed by atoms with van der Waals surface area (Å²) in [4.78, 5) is 27.4. The van der Waals surface area contributed by atoms with Gasteiger partial charge in [0.05, 0.1) is 25.8 Å². The summed E-state index contributed by atoms with van der Waals surface area (Å²) in [7, 11) is 0. The summed E-state index contributed by atoms with van der Waals surface area (Å²) in [6, 6.07) is 5.79. The van der Waals surface area contributed by atoms with Crippen molar-refractivity contribution in [1.82, 2.24) is 9.38 Å². The number of imidazole rings is 1. The highest BCUT2D eigenvalue weighted by Crippen LogP contribution is 2.28. The van der Waals surface area contributed by atoms with Crippen LogP contribution in [0, 0.1) is 24.0 Å². The van der Waals surface area contributed by atoms with Gasteiger partial charge in [0.2, 0.25) is 0 Å². The zero-order valence-electron chi connectivity index (χ0n) is 13.2. The molecule has 0 fully saturated rings. The first-order valence-electron chi connectivity index (χ1n) is 7.18. The van der Waals surface area contributed by atoms with E-state index in [0.29, 0.717) is 22.7 Å². The molecule has 7 nitrogen and oxygen atoms in total. The standard InChI is InChI=1S/C16H12BrClN4O3/c1-8-5-11(17)15-19-9(2)14(21(15)7-8)16(23)20-13-4-3-10(22(24)25)6-12(13)18/h3-7H,1-2H3,(H,20,23). The summed E-state index contributed by atoms with van der Waals surface area (Å²) in [5, 5.41) is 13.5.